The van der Waals surface area contributed by atoms with Gasteiger partial charge in [0.2, 0.25) is 0 Å². The van der Waals surface area contributed by atoms with E-state index >= 15 is 0 Å². The second kappa shape index (κ2) is 5.10. The topological polar surface area (TPSA) is 12.0 Å². The lowest BCUT2D eigenvalue weighted by molar-refractivity contribution is 0.431. The van der Waals surface area contributed by atoms with Crippen LogP contribution in [0, 0.1) is 12.3 Å². The van der Waals surface area contributed by atoms with Gasteiger partial charge in [-0.2, -0.15) is 0 Å². The van der Waals surface area contributed by atoms with Gasteiger partial charge in [-0.1, -0.05) is 35.2 Å². The fourth-order valence-corrected chi connectivity index (χ4v) is 1.75. The highest BCUT2D eigenvalue weighted by Crippen LogP contribution is 2.26. The molecule has 16 heavy (non-hydrogen) atoms. The van der Waals surface area contributed by atoms with Crippen molar-refractivity contribution in [2.24, 2.45) is 0 Å². The van der Waals surface area contributed by atoms with Crippen molar-refractivity contribution in [3.8, 4) is 12.3 Å². The minimum atomic E-state index is -0.342. The van der Waals surface area contributed by atoms with Crippen LogP contribution in [-0.4, -0.2) is 5.54 Å². The van der Waals surface area contributed by atoms with Gasteiger partial charge in [0.1, 0.15) is 0 Å². The van der Waals surface area contributed by atoms with Crippen molar-refractivity contribution < 1.29 is 0 Å². The summed E-state index contributed by atoms with van der Waals surface area (Å²) in [5, 5.41) is 4.46. The van der Waals surface area contributed by atoms with E-state index in [9.17, 15) is 0 Å². The zero-order chi connectivity index (χ0) is 12.3. The fraction of sp³-hybridized carbons (Fsp3) is 0.385. The van der Waals surface area contributed by atoms with Gasteiger partial charge in [0.05, 0.1) is 15.6 Å². The first-order chi connectivity index (χ1) is 7.35. The van der Waals surface area contributed by atoms with E-state index in [4.69, 9.17) is 29.6 Å². The number of halogens is 2. The van der Waals surface area contributed by atoms with Crippen LogP contribution in [0.25, 0.3) is 0 Å². The highest BCUT2D eigenvalue weighted by atomic mass is 35.5. The lowest BCUT2D eigenvalue weighted by atomic mass is 10.0. The van der Waals surface area contributed by atoms with Gasteiger partial charge in [-0.05, 0) is 38.5 Å². The standard InChI is InChI=1S/C13H15Cl2N/c1-5-13(3,4)16-9(2)10-6-7-11(14)12(15)8-10/h1,6-9,16H,2-4H3. The molecule has 1 N–H and O–H groups in total. The molecule has 0 bridgehead atoms. The predicted octanol–water partition coefficient (Wildman–Crippen LogP) is 4.06. The molecule has 1 unspecified atom stereocenters. The molecule has 0 fully saturated rings. The molecule has 1 rings (SSSR count). The van der Waals surface area contributed by atoms with Crippen LogP contribution < -0.4 is 5.32 Å². The first-order valence-electron chi connectivity index (χ1n) is 5.06. The van der Waals surface area contributed by atoms with Crippen molar-refractivity contribution in [2.75, 3.05) is 0 Å². The first kappa shape index (κ1) is 13.4. The third-order valence-corrected chi connectivity index (χ3v) is 3.12. The number of terminal acetylenes is 1. The van der Waals surface area contributed by atoms with Gasteiger partial charge in [-0.3, -0.25) is 5.32 Å². The van der Waals surface area contributed by atoms with Crippen LogP contribution >= 0.6 is 23.2 Å². The number of hydrogen-bond acceptors (Lipinski definition) is 1. The van der Waals surface area contributed by atoms with E-state index in [1.807, 2.05) is 32.9 Å². The van der Waals surface area contributed by atoms with Gasteiger partial charge in [0, 0.05) is 6.04 Å². The molecule has 86 valence electrons. The quantitative estimate of drug-likeness (QED) is 0.804. The molecular weight excluding hydrogens is 241 g/mol. The molecule has 0 aromatic heterocycles. The molecule has 1 atom stereocenters. The fourth-order valence-electron chi connectivity index (χ4n) is 1.45. The van der Waals surface area contributed by atoms with E-state index in [2.05, 4.69) is 11.2 Å². The molecule has 1 aromatic carbocycles. The van der Waals surface area contributed by atoms with Crippen molar-refractivity contribution in [2.45, 2.75) is 32.4 Å². The van der Waals surface area contributed by atoms with Gasteiger partial charge < -0.3 is 0 Å². The summed E-state index contributed by atoms with van der Waals surface area (Å²) in [5.41, 5.74) is 0.726. The first-order valence-corrected chi connectivity index (χ1v) is 5.82. The van der Waals surface area contributed by atoms with E-state index in [1.54, 1.807) is 6.07 Å². The Labute approximate surface area is 107 Å². The Kier molecular flexibility index (Phi) is 4.27. The third-order valence-electron chi connectivity index (χ3n) is 2.38. The van der Waals surface area contributed by atoms with Crippen molar-refractivity contribution in [3.63, 3.8) is 0 Å². The van der Waals surface area contributed by atoms with Crippen LogP contribution in [0.2, 0.25) is 10.0 Å². The second-order valence-corrected chi connectivity index (χ2v) is 5.12. The molecule has 0 radical (unpaired) electrons. The summed E-state index contributed by atoms with van der Waals surface area (Å²) in [6.45, 7) is 5.96. The van der Waals surface area contributed by atoms with Gasteiger partial charge in [-0.15, -0.1) is 6.42 Å². The van der Waals surface area contributed by atoms with Gasteiger partial charge in [-0.25, -0.2) is 0 Å². The molecule has 0 aliphatic carbocycles. The van der Waals surface area contributed by atoms with Crippen LogP contribution in [0.5, 0.6) is 0 Å². The van der Waals surface area contributed by atoms with Crippen LogP contribution in [-0.2, 0) is 0 Å². The molecule has 1 aromatic rings. The summed E-state index contributed by atoms with van der Waals surface area (Å²) in [6, 6.07) is 5.72. The van der Waals surface area contributed by atoms with Crippen molar-refractivity contribution in [1.29, 1.82) is 0 Å². The number of hydrogen-bond donors (Lipinski definition) is 1. The Morgan fingerprint density at radius 1 is 1.31 bits per heavy atom. The van der Waals surface area contributed by atoms with Crippen molar-refractivity contribution >= 4 is 23.2 Å². The Morgan fingerprint density at radius 2 is 1.94 bits per heavy atom. The molecule has 1 nitrogen and oxygen atoms in total. The highest BCUT2D eigenvalue weighted by molar-refractivity contribution is 6.42. The van der Waals surface area contributed by atoms with E-state index in [0.717, 1.165) is 5.56 Å². The summed E-state index contributed by atoms with van der Waals surface area (Å²) < 4.78 is 0. The zero-order valence-corrected chi connectivity index (χ0v) is 11.2. The molecule has 0 amide bonds. The Balaban J connectivity index is 2.86. The molecule has 0 spiro atoms. The monoisotopic (exact) mass is 255 g/mol. The highest BCUT2D eigenvalue weighted by Gasteiger charge is 2.17. The molecule has 0 saturated carbocycles. The van der Waals surface area contributed by atoms with Crippen molar-refractivity contribution in [1.82, 2.24) is 5.32 Å². The number of benzene rings is 1. The van der Waals surface area contributed by atoms with E-state index in [1.165, 1.54) is 0 Å². The molecule has 0 aliphatic rings. The normalized spacial score (nSPS) is 13.2. The lowest BCUT2D eigenvalue weighted by Crippen LogP contribution is -2.39. The molecular formula is C13H15Cl2N. The minimum Gasteiger partial charge on any atom is -0.295 e. The Hall–Kier alpha value is -0.680. The summed E-state index contributed by atoms with van der Waals surface area (Å²) >= 11 is 11.8. The largest absolute Gasteiger partial charge is 0.295 e. The lowest BCUT2D eigenvalue weighted by Gasteiger charge is -2.25. The van der Waals surface area contributed by atoms with Crippen LogP contribution in [0.1, 0.15) is 32.4 Å². The average molecular weight is 256 g/mol. The Bertz CT molecular complexity index is 418. The summed E-state index contributed by atoms with van der Waals surface area (Å²) in [4.78, 5) is 0. The molecule has 3 heteroatoms. The van der Waals surface area contributed by atoms with E-state index in [-0.39, 0.29) is 11.6 Å². The molecule has 0 aliphatic heterocycles. The second-order valence-electron chi connectivity index (χ2n) is 4.31. The average Bonchev–Trinajstić information content (AvgIpc) is 2.21. The van der Waals surface area contributed by atoms with E-state index in [0.29, 0.717) is 10.0 Å². The van der Waals surface area contributed by atoms with E-state index < -0.39 is 0 Å². The summed E-state index contributed by atoms with van der Waals surface area (Å²) in [5.74, 6) is 2.70. The third kappa shape index (κ3) is 3.42. The minimum absolute atomic E-state index is 0.126. The van der Waals surface area contributed by atoms with Gasteiger partial charge in [0.15, 0.2) is 0 Å². The SMILES string of the molecule is C#CC(C)(C)NC(C)c1ccc(Cl)c(Cl)c1. The smallest absolute Gasteiger partial charge is 0.0745 e. The molecule has 0 heterocycles. The van der Waals surface area contributed by atoms with Crippen LogP contribution in [0.3, 0.4) is 0 Å². The van der Waals surface area contributed by atoms with Crippen molar-refractivity contribution in [3.05, 3.63) is 33.8 Å². The maximum Gasteiger partial charge on any atom is 0.0745 e. The van der Waals surface area contributed by atoms with Gasteiger partial charge in [0.25, 0.3) is 0 Å². The van der Waals surface area contributed by atoms with Gasteiger partial charge >= 0.3 is 0 Å². The van der Waals surface area contributed by atoms with Crippen LogP contribution in [0.15, 0.2) is 18.2 Å². The maximum absolute atomic E-state index is 5.96. The van der Waals surface area contributed by atoms with Crippen LogP contribution in [0.4, 0.5) is 0 Å². The predicted molar refractivity (Wildman–Crippen MR) is 70.9 cm³/mol. The number of nitrogens with one attached hydrogen (secondary N) is 1. The Morgan fingerprint density at radius 3 is 2.44 bits per heavy atom. The maximum atomic E-state index is 5.96. The summed E-state index contributed by atoms with van der Waals surface area (Å²) in [6.07, 6.45) is 5.43. The number of rotatable bonds is 3. The summed E-state index contributed by atoms with van der Waals surface area (Å²) in [7, 11) is 0. The zero-order valence-electron chi connectivity index (χ0n) is 9.64. The molecule has 0 saturated heterocycles.